The maximum Gasteiger partial charge on any atom is 0.224 e. The minimum atomic E-state index is -0.274. The summed E-state index contributed by atoms with van der Waals surface area (Å²) < 4.78 is 12.8. The van der Waals surface area contributed by atoms with Crippen LogP contribution in [0.2, 0.25) is 0 Å². The first-order valence-electron chi connectivity index (χ1n) is 6.12. The number of nitrogens with zero attached hydrogens (tertiary/aromatic N) is 3. The highest BCUT2D eigenvalue weighted by Gasteiger charge is 2.10. The Bertz CT molecular complexity index is 453. The summed E-state index contributed by atoms with van der Waals surface area (Å²) >= 11 is 0. The van der Waals surface area contributed by atoms with Crippen molar-refractivity contribution in [1.82, 2.24) is 4.90 Å². The second kappa shape index (κ2) is 7.37. The normalized spacial score (nSPS) is 9.79. The van der Waals surface area contributed by atoms with Crippen molar-refractivity contribution in [2.24, 2.45) is 0 Å². The summed E-state index contributed by atoms with van der Waals surface area (Å²) in [5, 5.41) is 8.46. The molecule has 1 rings (SSSR count). The SMILES string of the molecule is CN(CCC#N)C(=O)CCN(C)c1ccc(F)cc1. The number of halogens is 1. The molecule has 0 aliphatic heterocycles. The van der Waals surface area contributed by atoms with Gasteiger partial charge in [0.2, 0.25) is 5.91 Å². The van der Waals surface area contributed by atoms with Gasteiger partial charge in [-0.25, -0.2) is 4.39 Å². The van der Waals surface area contributed by atoms with Crippen molar-refractivity contribution < 1.29 is 9.18 Å². The maximum atomic E-state index is 12.8. The van der Waals surface area contributed by atoms with Gasteiger partial charge in [0.1, 0.15) is 5.82 Å². The highest BCUT2D eigenvalue weighted by atomic mass is 19.1. The molecule has 0 aliphatic carbocycles. The Kier molecular flexibility index (Phi) is 5.80. The molecule has 0 saturated carbocycles. The first-order valence-corrected chi connectivity index (χ1v) is 6.12. The van der Waals surface area contributed by atoms with Crippen molar-refractivity contribution in [2.45, 2.75) is 12.8 Å². The second-order valence-corrected chi connectivity index (χ2v) is 4.37. The van der Waals surface area contributed by atoms with Crippen LogP contribution >= 0.6 is 0 Å². The number of rotatable bonds is 6. The maximum absolute atomic E-state index is 12.8. The van der Waals surface area contributed by atoms with E-state index >= 15 is 0 Å². The summed E-state index contributed by atoms with van der Waals surface area (Å²) in [7, 11) is 3.55. The Hall–Kier alpha value is -2.09. The molecule has 0 bridgehead atoms. The largest absolute Gasteiger partial charge is 0.374 e. The van der Waals surface area contributed by atoms with Crippen LogP contribution in [-0.2, 0) is 4.79 Å². The highest BCUT2D eigenvalue weighted by molar-refractivity contribution is 5.76. The van der Waals surface area contributed by atoms with Crippen molar-refractivity contribution in [3.63, 3.8) is 0 Å². The number of hydrogen-bond acceptors (Lipinski definition) is 3. The number of hydrogen-bond donors (Lipinski definition) is 0. The summed E-state index contributed by atoms with van der Waals surface area (Å²) in [6.45, 7) is 1.01. The van der Waals surface area contributed by atoms with Crippen molar-refractivity contribution in [3.05, 3.63) is 30.1 Å². The van der Waals surface area contributed by atoms with Crippen LogP contribution < -0.4 is 4.90 Å². The highest BCUT2D eigenvalue weighted by Crippen LogP contribution is 2.13. The van der Waals surface area contributed by atoms with E-state index in [4.69, 9.17) is 5.26 Å². The fourth-order valence-electron chi connectivity index (χ4n) is 1.62. The van der Waals surface area contributed by atoms with E-state index in [2.05, 4.69) is 0 Å². The zero-order valence-corrected chi connectivity index (χ0v) is 11.3. The van der Waals surface area contributed by atoms with E-state index < -0.39 is 0 Å². The molecule has 1 aromatic carbocycles. The lowest BCUT2D eigenvalue weighted by Crippen LogP contribution is -2.31. The van der Waals surface area contributed by atoms with Gasteiger partial charge >= 0.3 is 0 Å². The lowest BCUT2D eigenvalue weighted by atomic mass is 10.2. The molecule has 0 atom stereocenters. The minimum Gasteiger partial charge on any atom is -0.374 e. The molecule has 102 valence electrons. The molecule has 0 radical (unpaired) electrons. The molecule has 4 nitrogen and oxygen atoms in total. The zero-order chi connectivity index (χ0) is 14.3. The summed E-state index contributed by atoms with van der Waals surface area (Å²) in [5.74, 6) is -0.270. The molecule has 0 spiro atoms. The van der Waals surface area contributed by atoms with Gasteiger partial charge < -0.3 is 9.80 Å². The molecule has 0 aliphatic rings. The molecular formula is C14H18FN3O. The molecule has 1 amide bonds. The molecule has 1 aromatic rings. The average molecular weight is 263 g/mol. The lowest BCUT2D eigenvalue weighted by Gasteiger charge is -2.21. The lowest BCUT2D eigenvalue weighted by molar-refractivity contribution is -0.129. The van der Waals surface area contributed by atoms with Crippen LogP contribution in [-0.4, -0.2) is 38.0 Å². The molecule has 0 fully saturated rings. The number of amides is 1. The Morgan fingerprint density at radius 3 is 2.47 bits per heavy atom. The Morgan fingerprint density at radius 1 is 1.26 bits per heavy atom. The van der Waals surface area contributed by atoms with E-state index in [0.717, 1.165) is 5.69 Å². The van der Waals surface area contributed by atoms with Gasteiger partial charge in [-0.3, -0.25) is 4.79 Å². The van der Waals surface area contributed by atoms with Gasteiger partial charge in [-0.2, -0.15) is 5.26 Å². The molecular weight excluding hydrogens is 245 g/mol. The first-order chi connectivity index (χ1) is 9.04. The van der Waals surface area contributed by atoms with Crippen LogP contribution in [0.3, 0.4) is 0 Å². The molecule has 0 saturated heterocycles. The number of nitriles is 1. The quantitative estimate of drug-likeness (QED) is 0.789. The van der Waals surface area contributed by atoms with Gasteiger partial charge in [0.05, 0.1) is 12.5 Å². The Morgan fingerprint density at radius 2 is 1.89 bits per heavy atom. The van der Waals surface area contributed by atoms with Gasteiger partial charge in [0, 0.05) is 39.3 Å². The van der Waals surface area contributed by atoms with E-state index in [9.17, 15) is 9.18 Å². The fourth-order valence-corrected chi connectivity index (χ4v) is 1.62. The average Bonchev–Trinajstić information content (AvgIpc) is 2.42. The third kappa shape index (κ3) is 4.96. The summed E-state index contributed by atoms with van der Waals surface area (Å²) in [6, 6.07) is 8.16. The van der Waals surface area contributed by atoms with Crippen molar-refractivity contribution in [2.75, 3.05) is 32.1 Å². The number of carbonyl (C=O) groups is 1. The van der Waals surface area contributed by atoms with Gasteiger partial charge in [-0.05, 0) is 24.3 Å². The van der Waals surface area contributed by atoms with Gasteiger partial charge in [-0.15, -0.1) is 0 Å². The van der Waals surface area contributed by atoms with Crippen LogP contribution in [0.15, 0.2) is 24.3 Å². The smallest absolute Gasteiger partial charge is 0.224 e. The van der Waals surface area contributed by atoms with E-state index in [-0.39, 0.29) is 11.7 Å². The summed E-state index contributed by atoms with van der Waals surface area (Å²) in [4.78, 5) is 15.2. The third-order valence-electron chi connectivity index (χ3n) is 2.91. The molecule has 19 heavy (non-hydrogen) atoms. The first kappa shape index (κ1) is 15.0. The molecule has 0 unspecified atom stereocenters. The van der Waals surface area contributed by atoms with Gasteiger partial charge in [-0.1, -0.05) is 0 Å². The zero-order valence-electron chi connectivity index (χ0n) is 11.3. The van der Waals surface area contributed by atoms with Crippen LogP contribution in [0, 0.1) is 17.1 Å². The van der Waals surface area contributed by atoms with Gasteiger partial charge in [0.25, 0.3) is 0 Å². The standard InChI is InChI=1S/C14H18FN3O/c1-17(13-6-4-12(15)5-7-13)11-8-14(19)18(2)10-3-9-16/h4-7H,3,8,10-11H2,1-2H3. The predicted molar refractivity (Wildman–Crippen MR) is 72.2 cm³/mol. The topological polar surface area (TPSA) is 47.3 Å². The van der Waals surface area contributed by atoms with E-state index in [1.807, 2.05) is 18.0 Å². The van der Waals surface area contributed by atoms with Crippen molar-refractivity contribution >= 4 is 11.6 Å². The third-order valence-corrected chi connectivity index (χ3v) is 2.91. The van der Waals surface area contributed by atoms with Crippen LogP contribution in [0.25, 0.3) is 0 Å². The number of carbonyl (C=O) groups excluding carboxylic acids is 1. The van der Waals surface area contributed by atoms with E-state index in [1.165, 1.54) is 12.1 Å². The van der Waals surface area contributed by atoms with Crippen molar-refractivity contribution in [1.29, 1.82) is 5.26 Å². The predicted octanol–water partition coefficient (Wildman–Crippen LogP) is 2.02. The fraction of sp³-hybridized carbons (Fsp3) is 0.429. The second-order valence-electron chi connectivity index (χ2n) is 4.37. The Labute approximate surface area is 113 Å². The van der Waals surface area contributed by atoms with E-state index in [1.54, 1.807) is 24.1 Å². The number of anilines is 1. The minimum absolute atomic E-state index is 0.00390. The van der Waals surface area contributed by atoms with E-state index in [0.29, 0.717) is 25.9 Å². The Balaban J connectivity index is 2.41. The van der Waals surface area contributed by atoms with Crippen molar-refractivity contribution in [3.8, 4) is 6.07 Å². The molecule has 0 aromatic heterocycles. The molecule has 0 N–H and O–H groups in total. The summed E-state index contributed by atoms with van der Waals surface area (Å²) in [5.41, 5.74) is 0.869. The van der Waals surface area contributed by atoms with Gasteiger partial charge in [0.15, 0.2) is 0 Å². The van der Waals surface area contributed by atoms with Crippen LogP contribution in [0.5, 0.6) is 0 Å². The van der Waals surface area contributed by atoms with Crippen LogP contribution in [0.1, 0.15) is 12.8 Å². The monoisotopic (exact) mass is 263 g/mol. The molecule has 5 heteroatoms. The summed E-state index contributed by atoms with van der Waals surface area (Å²) in [6.07, 6.45) is 0.714. The van der Waals surface area contributed by atoms with Crippen LogP contribution in [0.4, 0.5) is 10.1 Å². The number of benzene rings is 1. The molecule has 0 heterocycles.